The lowest BCUT2D eigenvalue weighted by Crippen LogP contribution is -2.32. The number of furan rings is 1. The second kappa shape index (κ2) is 7.74. The molecule has 0 saturated heterocycles. The van der Waals surface area contributed by atoms with Crippen LogP contribution in [-0.4, -0.2) is 17.9 Å². The third kappa shape index (κ3) is 3.77. The van der Waals surface area contributed by atoms with Gasteiger partial charge in [0.2, 0.25) is 0 Å². The average Bonchev–Trinajstić information content (AvgIpc) is 3.33. The van der Waals surface area contributed by atoms with E-state index in [-0.39, 0.29) is 17.9 Å². The van der Waals surface area contributed by atoms with Crippen molar-refractivity contribution in [3.63, 3.8) is 0 Å². The van der Waals surface area contributed by atoms with Crippen LogP contribution < -0.4 is 10.6 Å². The van der Waals surface area contributed by atoms with Gasteiger partial charge in [0.25, 0.3) is 11.8 Å². The van der Waals surface area contributed by atoms with Crippen LogP contribution in [0.5, 0.6) is 0 Å². The van der Waals surface area contributed by atoms with Gasteiger partial charge in [0.05, 0.1) is 0 Å². The maximum atomic E-state index is 12.8. The Kier molecular flexibility index (Phi) is 5.14. The molecule has 5 nitrogen and oxygen atoms in total. The lowest BCUT2D eigenvalue weighted by atomic mass is 10.0. The van der Waals surface area contributed by atoms with E-state index in [1.807, 2.05) is 32.9 Å². The molecule has 1 aliphatic rings. The van der Waals surface area contributed by atoms with Crippen molar-refractivity contribution in [2.24, 2.45) is 0 Å². The fraction of sp³-hybridized carbons (Fsp3) is 0.333. The van der Waals surface area contributed by atoms with Crippen LogP contribution in [0, 0.1) is 20.8 Å². The Morgan fingerprint density at radius 1 is 0.897 bits per heavy atom. The van der Waals surface area contributed by atoms with Crippen LogP contribution in [0.4, 0.5) is 5.69 Å². The zero-order chi connectivity index (χ0) is 20.5. The molecule has 3 aromatic rings. The quantitative estimate of drug-likeness (QED) is 0.636. The van der Waals surface area contributed by atoms with Crippen LogP contribution >= 0.6 is 0 Å². The van der Waals surface area contributed by atoms with Gasteiger partial charge in [-0.1, -0.05) is 25.0 Å². The fourth-order valence-corrected chi connectivity index (χ4v) is 4.12. The smallest absolute Gasteiger partial charge is 0.291 e. The second-order valence-corrected chi connectivity index (χ2v) is 7.95. The molecule has 0 spiro atoms. The first-order chi connectivity index (χ1) is 13.9. The number of rotatable bonds is 4. The highest BCUT2D eigenvalue weighted by molar-refractivity contribution is 6.07. The molecular weight excluding hydrogens is 364 g/mol. The monoisotopic (exact) mass is 390 g/mol. The van der Waals surface area contributed by atoms with E-state index in [1.165, 1.54) is 12.8 Å². The Balaban J connectivity index is 1.49. The second-order valence-electron chi connectivity index (χ2n) is 7.95. The molecule has 2 N–H and O–H groups in total. The molecule has 1 heterocycles. The summed E-state index contributed by atoms with van der Waals surface area (Å²) in [6.45, 7) is 5.90. The average molecular weight is 390 g/mol. The highest BCUT2D eigenvalue weighted by Gasteiger charge is 2.21. The van der Waals surface area contributed by atoms with Crippen LogP contribution in [0.25, 0.3) is 11.0 Å². The molecule has 0 aliphatic heterocycles. The highest BCUT2D eigenvalue weighted by Crippen LogP contribution is 2.31. The standard InChI is InChI=1S/C24H26N2O3/c1-14-8-9-15(2)21-20(14)16(3)22(29-21)24(28)26-19-12-10-17(11-13-19)23(27)25-18-6-4-5-7-18/h8-13,18H,4-7H2,1-3H3,(H,25,27)(H,26,28). The van der Waals surface area contributed by atoms with Crippen molar-refractivity contribution in [1.82, 2.24) is 5.32 Å². The number of aryl methyl sites for hydroxylation is 3. The maximum absolute atomic E-state index is 12.8. The molecular formula is C24H26N2O3. The van der Waals surface area contributed by atoms with Crippen molar-refractivity contribution in [3.8, 4) is 0 Å². The molecule has 0 unspecified atom stereocenters. The summed E-state index contributed by atoms with van der Waals surface area (Å²) in [5, 5.41) is 6.94. The predicted octanol–water partition coefficient (Wildman–Crippen LogP) is 5.28. The number of hydrogen-bond acceptors (Lipinski definition) is 3. The van der Waals surface area contributed by atoms with Gasteiger partial charge >= 0.3 is 0 Å². The van der Waals surface area contributed by atoms with Crippen molar-refractivity contribution >= 4 is 28.5 Å². The zero-order valence-corrected chi connectivity index (χ0v) is 17.1. The molecule has 2 aromatic carbocycles. The van der Waals surface area contributed by atoms with Crippen LogP contribution in [0.3, 0.4) is 0 Å². The van der Waals surface area contributed by atoms with E-state index < -0.39 is 0 Å². The number of fused-ring (bicyclic) bond motifs is 1. The molecule has 29 heavy (non-hydrogen) atoms. The maximum Gasteiger partial charge on any atom is 0.291 e. The SMILES string of the molecule is Cc1ccc(C)c2c(C)c(C(=O)Nc3ccc(C(=O)NC4CCCC4)cc3)oc12. The third-order valence-corrected chi connectivity index (χ3v) is 5.78. The number of hydrogen-bond donors (Lipinski definition) is 2. The van der Waals surface area contributed by atoms with Crippen molar-refractivity contribution in [3.05, 3.63) is 64.4 Å². The molecule has 1 aromatic heterocycles. The molecule has 1 aliphatic carbocycles. The van der Waals surface area contributed by atoms with Crippen molar-refractivity contribution in [1.29, 1.82) is 0 Å². The number of benzene rings is 2. The first kappa shape index (κ1) is 19.2. The molecule has 150 valence electrons. The summed E-state index contributed by atoms with van der Waals surface area (Å²) in [4.78, 5) is 25.1. The van der Waals surface area contributed by atoms with E-state index in [1.54, 1.807) is 24.3 Å². The number of anilines is 1. The van der Waals surface area contributed by atoms with Gasteiger partial charge in [-0.3, -0.25) is 9.59 Å². The van der Waals surface area contributed by atoms with E-state index in [4.69, 9.17) is 4.42 Å². The summed E-state index contributed by atoms with van der Waals surface area (Å²) < 4.78 is 5.90. The first-order valence-corrected chi connectivity index (χ1v) is 10.2. The first-order valence-electron chi connectivity index (χ1n) is 10.2. The van der Waals surface area contributed by atoms with Gasteiger partial charge in [-0.2, -0.15) is 0 Å². The van der Waals surface area contributed by atoms with Crippen LogP contribution in [0.15, 0.2) is 40.8 Å². The fourth-order valence-electron chi connectivity index (χ4n) is 4.12. The largest absolute Gasteiger partial charge is 0.450 e. The summed E-state index contributed by atoms with van der Waals surface area (Å²) in [5.41, 5.74) is 4.91. The molecule has 4 rings (SSSR count). The van der Waals surface area contributed by atoms with Gasteiger partial charge < -0.3 is 15.1 Å². The van der Waals surface area contributed by atoms with Crippen LogP contribution in [0.2, 0.25) is 0 Å². The minimum atomic E-state index is -0.291. The number of carbonyl (C=O) groups is 2. The van der Waals surface area contributed by atoms with Gasteiger partial charge in [-0.05, 0) is 69.0 Å². The predicted molar refractivity (Wildman–Crippen MR) is 115 cm³/mol. The summed E-state index contributed by atoms with van der Waals surface area (Å²) in [7, 11) is 0. The van der Waals surface area contributed by atoms with Gasteiger partial charge in [0.15, 0.2) is 5.76 Å². The van der Waals surface area contributed by atoms with Crippen molar-refractivity contribution in [2.75, 3.05) is 5.32 Å². The Morgan fingerprint density at radius 3 is 2.21 bits per heavy atom. The topological polar surface area (TPSA) is 71.3 Å². The molecule has 0 radical (unpaired) electrons. The third-order valence-electron chi connectivity index (χ3n) is 5.78. The van der Waals surface area contributed by atoms with Crippen molar-refractivity contribution < 1.29 is 14.0 Å². The van der Waals surface area contributed by atoms with Gasteiger partial charge in [-0.25, -0.2) is 0 Å². The Hall–Kier alpha value is -3.08. The van der Waals surface area contributed by atoms with E-state index >= 15 is 0 Å². The highest BCUT2D eigenvalue weighted by atomic mass is 16.3. The molecule has 0 atom stereocenters. The van der Waals surface area contributed by atoms with Gasteiger partial charge in [0, 0.05) is 28.2 Å². The minimum Gasteiger partial charge on any atom is -0.450 e. The van der Waals surface area contributed by atoms with E-state index in [2.05, 4.69) is 10.6 Å². The Labute approximate surface area is 170 Å². The van der Waals surface area contributed by atoms with E-state index in [0.29, 0.717) is 17.0 Å². The zero-order valence-electron chi connectivity index (χ0n) is 17.1. The molecule has 2 amide bonds. The summed E-state index contributed by atoms with van der Waals surface area (Å²) in [6, 6.07) is 11.3. The lowest BCUT2D eigenvalue weighted by Gasteiger charge is -2.12. The summed E-state index contributed by atoms with van der Waals surface area (Å²) in [5.74, 6) is -0.0324. The molecule has 0 bridgehead atoms. The number of nitrogens with one attached hydrogen (secondary N) is 2. The lowest BCUT2D eigenvalue weighted by molar-refractivity contribution is 0.0937. The Bertz CT molecular complexity index is 1070. The van der Waals surface area contributed by atoms with Crippen LogP contribution in [0.1, 0.15) is 63.3 Å². The summed E-state index contributed by atoms with van der Waals surface area (Å²) >= 11 is 0. The van der Waals surface area contributed by atoms with Crippen molar-refractivity contribution in [2.45, 2.75) is 52.5 Å². The van der Waals surface area contributed by atoms with Crippen LogP contribution in [-0.2, 0) is 0 Å². The van der Waals surface area contributed by atoms with E-state index in [0.717, 1.165) is 40.5 Å². The van der Waals surface area contributed by atoms with Gasteiger partial charge in [-0.15, -0.1) is 0 Å². The summed E-state index contributed by atoms with van der Waals surface area (Å²) in [6.07, 6.45) is 4.46. The normalized spacial score (nSPS) is 14.3. The van der Waals surface area contributed by atoms with Gasteiger partial charge in [0.1, 0.15) is 5.58 Å². The van der Waals surface area contributed by atoms with E-state index in [9.17, 15) is 9.59 Å². The number of carbonyl (C=O) groups excluding carboxylic acids is 2. The Morgan fingerprint density at radius 2 is 1.55 bits per heavy atom. The molecule has 1 fully saturated rings. The minimum absolute atomic E-state index is 0.0612. The molecule has 1 saturated carbocycles. The molecule has 5 heteroatoms. The number of amides is 2.